The summed E-state index contributed by atoms with van der Waals surface area (Å²) in [5.41, 5.74) is 3.74. The fourth-order valence-electron chi connectivity index (χ4n) is 3.00. The van der Waals surface area contributed by atoms with Gasteiger partial charge in [0.1, 0.15) is 0 Å². The zero-order chi connectivity index (χ0) is 19.1. The third-order valence-corrected chi connectivity index (χ3v) is 6.05. The van der Waals surface area contributed by atoms with Gasteiger partial charge in [0.25, 0.3) is 0 Å². The third kappa shape index (κ3) is 3.34. The van der Waals surface area contributed by atoms with Crippen LogP contribution in [0.2, 0.25) is 15.1 Å². The van der Waals surface area contributed by atoms with Gasteiger partial charge in [-0.05, 0) is 42.8 Å². The highest BCUT2D eigenvalue weighted by molar-refractivity contribution is 7.98. The maximum absolute atomic E-state index is 12.5. The van der Waals surface area contributed by atoms with Crippen molar-refractivity contribution in [2.45, 2.75) is 17.6 Å². The summed E-state index contributed by atoms with van der Waals surface area (Å²) >= 11 is 20.1. The van der Waals surface area contributed by atoms with Crippen molar-refractivity contribution in [3.8, 4) is 16.9 Å². The Hall–Kier alpha value is -1.66. The van der Waals surface area contributed by atoms with Crippen molar-refractivity contribution in [1.82, 2.24) is 9.78 Å². The molecule has 0 radical (unpaired) electrons. The lowest BCUT2D eigenvalue weighted by atomic mass is 10.0. The summed E-state index contributed by atoms with van der Waals surface area (Å²) < 4.78 is 6.88. The van der Waals surface area contributed by atoms with Crippen LogP contribution in [0.3, 0.4) is 0 Å². The maximum atomic E-state index is 12.5. The lowest BCUT2D eigenvalue weighted by Crippen LogP contribution is -2.07. The van der Waals surface area contributed by atoms with Crippen molar-refractivity contribution in [1.29, 1.82) is 0 Å². The van der Waals surface area contributed by atoms with Crippen LogP contribution in [-0.4, -0.2) is 22.4 Å². The number of nitrogens with zero attached hydrogens (tertiary/aromatic N) is 2. The first-order valence-corrected chi connectivity index (χ1v) is 10.3. The Morgan fingerprint density at radius 1 is 1.19 bits per heavy atom. The van der Waals surface area contributed by atoms with E-state index in [2.05, 4.69) is 5.10 Å². The van der Waals surface area contributed by atoms with Crippen LogP contribution < -0.4 is 0 Å². The van der Waals surface area contributed by atoms with Crippen LogP contribution in [0.5, 0.6) is 0 Å². The summed E-state index contributed by atoms with van der Waals surface area (Å²) in [6.45, 7) is 2.04. The molecule has 2 heterocycles. The molecule has 4 rings (SSSR count). The number of rotatable bonds is 3. The molecule has 0 saturated heterocycles. The van der Waals surface area contributed by atoms with Gasteiger partial charge in [-0.25, -0.2) is 9.48 Å². The van der Waals surface area contributed by atoms with Gasteiger partial charge in [-0.3, -0.25) is 0 Å². The molecule has 0 aliphatic carbocycles. The number of carbonyl (C=O) groups is 1. The van der Waals surface area contributed by atoms with Gasteiger partial charge in [0.15, 0.2) is 5.69 Å². The highest BCUT2D eigenvalue weighted by Crippen LogP contribution is 2.45. The molecule has 0 atom stereocenters. The number of halogens is 3. The molecule has 3 aromatic rings. The monoisotopic (exact) mass is 438 g/mol. The topological polar surface area (TPSA) is 44.1 Å². The number of benzene rings is 2. The molecule has 0 amide bonds. The fraction of sp³-hybridized carbons (Fsp3) is 0.158. The van der Waals surface area contributed by atoms with E-state index in [-0.39, 0.29) is 12.3 Å². The van der Waals surface area contributed by atoms with Crippen LogP contribution >= 0.6 is 46.6 Å². The van der Waals surface area contributed by atoms with E-state index in [9.17, 15) is 4.79 Å². The van der Waals surface area contributed by atoms with E-state index >= 15 is 0 Å². The second-order valence-electron chi connectivity index (χ2n) is 5.84. The highest BCUT2D eigenvalue weighted by Gasteiger charge is 2.31. The average molecular weight is 440 g/mol. The number of carbonyl (C=O) groups excluding carboxylic acids is 1. The summed E-state index contributed by atoms with van der Waals surface area (Å²) in [6.07, 6.45) is 0. The first-order chi connectivity index (χ1) is 13.0. The number of thioether (sulfide) groups is 1. The summed E-state index contributed by atoms with van der Waals surface area (Å²) in [7, 11) is 0. The molecule has 4 nitrogen and oxygen atoms in total. The molecule has 1 aliphatic rings. The minimum absolute atomic E-state index is 0.277. The lowest BCUT2D eigenvalue weighted by Gasteiger charge is -2.19. The zero-order valence-corrected chi connectivity index (χ0v) is 17.2. The van der Waals surface area contributed by atoms with Crippen molar-refractivity contribution in [3.63, 3.8) is 0 Å². The van der Waals surface area contributed by atoms with Gasteiger partial charge in [0.2, 0.25) is 0 Å². The van der Waals surface area contributed by atoms with Crippen LogP contribution in [0.4, 0.5) is 0 Å². The normalized spacial score (nSPS) is 12.4. The van der Waals surface area contributed by atoms with Crippen LogP contribution in [0.25, 0.3) is 16.9 Å². The van der Waals surface area contributed by atoms with Gasteiger partial charge in [0.05, 0.1) is 27.9 Å². The summed E-state index contributed by atoms with van der Waals surface area (Å²) in [5, 5.41) is 6.18. The molecular weight excluding hydrogens is 427 g/mol. The lowest BCUT2D eigenvalue weighted by molar-refractivity contribution is 0.0515. The van der Waals surface area contributed by atoms with Crippen LogP contribution in [0, 0.1) is 0 Å². The van der Waals surface area contributed by atoms with Gasteiger partial charge < -0.3 is 4.74 Å². The molecule has 0 saturated carbocycles. The van der Waals surface area contributed by atoms with E-state index in [1.54, 1.807) is 29.8 Å². The van der Waals surface area contributed by atoms with E-state index in [1.807, 2.05) is 18.2 Å². The molecule has 0 bridgehead atoms. The highest BCUT2D eigenvalue weighted by atomic mass is 35.5. The van der Waals surface area contributed by atoms with Crippen molar-refractivity contribution >= 4 is 52.5 Å². The molecule has 2 aromatic carbocycles. The Balaban J connectivity index is 1.99. The molecule has 0 unspecified atom stereocenters. The van der Waals surface area contributed by atoms with E-state index in [0.717, 1.165) is 21.7 Å². The number of hydrogen-bond donors (Lipinski definition) is 0. The minimum atomic E-state index is -0.456. The Bertz CT molecular complexity index is 1070. The van der Waals surface area contributed by atoms with Crippen molar-refractivity contribution in [3.05, 3.63) is 62.7 Å². The second kappa shape index (κ2) is 7.40. The number of fused-ring (bicyclic) bond motifs is 3. The molecular formula is C19H13Cl3N2O2S. The number of aromatic nitrogens is 2. The van der Waals surface area contributed by atoms with Gasteiger partial charge in [0, 0.05) is 21.4 Å². The SMILES string of the molecule is CCOC(=O)c1nn(-c2ccc(Cl)cc2Cl)c2c1SCc1cc(Cl)ccc1-2. The van der Waals surface area contributed by atoms with Crippen molar-refractivity contribution < 1.29 is 9.53 Å². The molecule has 1 aromatic heterocycles. The average Bonchev–Trinajstić information content (AvgIpc) is 3.01. The van der Waals surface area contributed by atoms with E-state index in [0.29, 0.717) is 26.5 Å². The Kier molecular flexibility index (Phi) is 5.12. The van der Waals surface area contributed by atoms with Crippen LogP contribution in [0.15, 0.2) is 41.3 Å². The van der Waals surface area contributed by atoms with E-state index in [4.69, 9.17) is 39.5 Å². The first kappa shape index (κ1) is 18.7. The van der Waals surface area contributed by atoms with Crippen molar-refractivity contribution in [2.24, 2.45) is 0 Å². The maximum Gasteiger partial charge on any atom is 0.360 e. The minimum Gasteiger partial charge on any atom is -0.461 e. The van der Waals surface area contributed by atoms with E-state index in [1.165, 1.54) is 11.8 Å². The molecule has 27 heavy (non-hydrogen) atoms. The molecule has 0 fully saturated rings. The largest absolute Gasteiger partial charge is 0.461 e. The molecule has 1 aliphatic heterocycles. The van der Waals surface area contributed by atoms with Crippen LogP contribution in [0.1, 0.15) is 23.0 Å². The first-order valence-electron chi connectivity index (χ1n) is 8.16. The molecule has 8 heteroatoms. The Labute approximate surface area is 175 Å². The molecule has 0 spiro atoms. The second-order valence-corrected chi connectivity index (χ2v) is 8.11. The summed E-state index contributed by atoms with van der Waals surface area (Å²) in [6, 6.07) is 10.9. The standard InChI is InChI=1S/C19H13Cl3N2O2S/c1-2-26-19(25)16-18-17(13-5-3-11(20)7-10(13)9-27-18)24(23-16)15-6-4-12(21)8-14(15)22/h3-8H,2,9H2,1H3. The van der Waals surface area contributed by atoms with E-state index < -0.39 is 5.97 Å². The fourth-order valence-corrected chi connectivity index (χ4v) is 4.82. The quantitative estimate of drug-likeness (QED) is 0.450. The van der Waals surface area contributed by atoms with Crippen LogP contribution in [-0.2, 0) is 10.5 Å². The van der Waals surface area contributed by atoms with Gasteiger partial charge >= 0.3 is 5.97 Å². The number of esters is 1. The van der Waals surface area contributed by atoms with Gasteiger partial charge in [-0.2, -0.15) is 5.10 Å². The van der Waals surface area contributed by atoms with Gasteiger partial charge in [-0.15, -0.1) is 11.8 Å². The predicted molar refractivity (Wildman–Crippen MR) is 110 cm³/mol. The Morgan fingerprint density at radius 3 is 2.67 bits per heavy atom. The molecule has 0 N–H and O–H groups in total. The summed E-state index contributed by atoms with van der Waals surface area (Å²) in [4.78, 5) is 13.3. The number of ether oxygens (including phenoxy) is 1. The summed E-state index contributed by atoms with van der Waals surface area (Å²) in [5.74, 6) is 0.234. The molecule has 138 valence electrons. The number of hydrogen-bond acceptors (Lipinski definition) is 4. The zero-order valence-electron chi connectivity index (χ0n) is 14.1. The third-order valence-electron chi connectivity index (χ3n) is 4.14. The smallest absolute Gasteiger partial charge is 0.360 e. The van der Waals surface area contributed by atoms with Crippen molar-refractivity contribution in [2.75, 3.05) is 6.61 Å². The van der Waals surface area contributed by atoms with Gasteiger partial charge in [-0.1, -0.05) is 40.9 Å². The predicted octanol–water partition coefficient (Wildman–Crippen LogP) is 6.28. The Morgan fingerprint density at radius 2 is 1.93 bits per heavy atom.